The number of thioether (sulfide) groups is 1. The van der Waals surface area contributed by atoms with Gasteiger partial charge >= 0.3 is 0 Å². The molecule has 2 atom stereocenters. The highest BCUT2D eigenvalue weighted by Crippen LogP contribution is 2.29. The van der Waals surface area contributed by atoms with Crippen LogP contribution >= 0.6 is 11.8 Å². The molecule has 1 aliphatic rings. The molecule has 0 bridgehead atoms. The predicted octanol–water partition coefficient (Wildman–Crippen LogP) is 1.90. The third-order valence-corrected chi connectivity index (χ3v) is 6.10. The van der Waals surface area contributed by atoms with Crippen LogP contribution in [0.3, 0.4) is 0 Å². The lowest BCUT2D eigenvalue weighted by molar-refractivity contribution is 0.360. The van der Waals surface area contributed by atoms with Crippen LogP contribution < -0.4 is 5.32 Å². The van der Waals surface area contributed by atoms with Crippen LogP contribution in [-0.4, -0.2) is 42.9 Å². The van der Waals surface area contributed by atoms with E-state index in [-0.39, 0.29) is 5.09 Å². The maximum Gasteiger partial charge on any atom is 0.276 e. The summed E-state index contributed by atoms with van der Waals surface area (Å²) in [5, 5.41) is 3.79. The van der Waals surface area contributed by atoms with Crippen molar-refractivity contribution < 1.29 is 12.8 Å². The molecule has 0 aromatic carbocycles. The van der Waals surface area contributed by atoms with Gasteiger partial charge in [-0.25, -0.2) is 8.42 Å². The average Bonchev–Trinajstić information content (AvgIpc) is 2.84. The minimum atomic E-state index is -3.51. The lowest BCUT2D eigenvalue weighted by Gasteiger charge is -2.32. The molecule has 5 nitrogen and oxygen atoms in total. The Bertz CT molecular complexity index is 532. The number of furan rings is 1. The Kier molecular flexibility index (Phi) is 5.17. The zero-order valence-electron chi connectivity index (χ0n) is 12.1. The number of hydrogen-bond acceptors (Lipinski definition) is 5. The van der Waals surface area contributed by atoms with Crippen LogP contribution in [0, 0.1) is 0 Å². The van der Waals surface area contributed by atoms with Crippen molar-refractivity contribution in [3.05, 3.63) is 17.9 Å². The van der Waals surface area contributed by atoms with Crippen molar-refractivity contribution >= 4 is 21.8 Å². The second-order valence-electron chi connectivity index (χ2n) is 5.08. The Morgan fingerprint density at radius 2 is 2.00 bits per heavy atom. The second kappa shape index (κ2) is 6.51. The summed E-state index contributed by atoms with van der Waals surface area (Å²) in [6.45, 7) is 8.56. The Morgan fingerprint density at radius 3 is 2.60 bits per heavy atom. The van der Waals surface area contributed by atoms with Gasteiger partial charge in [-0.3, -0.25) is 0 Å². The molecule has 0 aliphatic carbocycles. The smallest absolute Gasteiger partial charge is 0.276 e. The van der Waals surface area contributed by atoms with Crippen molar-refractivity contribution in [2.45, 2.75) is 42.9 Å². The van der Waals surface area contributed by atoms with E-state index in [0.29, 0.717) is 35.9 Å². The number of sulfonamides is 1. The molecule has 1 aromatic rings. The van der Waals surface area contributed by atoms with E-state index in [1.54, 1.807) is 12.1 Å². The van der Waals surface area contributed by atoms with E-state index in [1.165, 1.54) is 4.31 Å². The fraction of sp³-hybridized carbons (Fsp3) is 0.692. The maximum atomic E-state index is 12.6. The van der Waals surface area contributed by atoms with Gasteiger partial charge in [0, 0.05) is 23.6 Å². The summed E-state index contributed by atoms with van der Waals surface area (Å²) in [5.41, 5.74) is 0. The summed E-state index contributed by atoms with van der Waals surface area (Å²) in [5.74, 6) is 0.651. The van der Waals surface area contributed by atoms with E-state index in [1.807, 2.05) is 18.7 Å². The third kappa shape index (κ3) is 3.58. The summed E-state index contributed by atoms with van der Waals surface area (Å²) in [6.07, 6.45) is 0. The molecule has 0 radical (unpaired) electrons. The average molecular weight is 318 g/mol. The Morgan fingerprint density at radius 1 is 1.35 bits per heavy atom. The molecule has 114 valence electrons. The molecule has 1 aromatic heterocycles. The Labute approximate surface area is 125 Å². The van der Waals surface area contributed by atoms with Crippen molar-refractivity contribution in [2.75, 3.05) is 19.6 Å². The minimum Gasteiger partial charge on any atom is -0.447 e. The van der Waals surface area contributed by atoms with Crippen molar-refractivity contribution in [1.82, 2.24) is 9.62 Å². The van der Waals surface area contributed by atoms with Crippen LogP contribution in [0.15, 0.2) is 21.6 Å². The third-order valence-electron chi connectivity index (χ3n) is 3.17. The SMILES string of the molecule is CCNCc1ccc(S(=O)(=O)N2CC(C)SC(C)C2)o1. The topological polar surface area (TPSA) is 62.6 Å². The van der Waals surface area contributed by atoms with E-state index < -0.39 is 10.0 Å². The molecule has 1 aliphatic heterocycles. The standard InChI is InChI=1S/C13H22N2O3S2/c1-4-14-7-12-5-6-13(18-12)20(16,17)15-8-10(2)19-11(3)9-15/h5-6,10-11,14H,4,7-9H2,1-3H3. The molecule has 20 heavy (non-hydrogen) atoms. The van der Waals surface area contributed by atoms with E-state index in [9.17, 15) is 8.42 Å². The van der Waals surface area contributed by atoms with Gasteiger partial charge in [0.2, 0.25) is 5.09 Å². The van der Waals surface area contributed by atoms with Gasteiger partial charge in [0.25, 0.3) is 10.0 Å². The number of rotatable bonds is 5. The highest BCUT2D eigenvalue weighted by atomic mass is 32.2. The molecule has 0 spiro atoms. The largest absolute Gasteiger partial charge is 0.447 e. The monoisotopic (exact) mass is 318 g/mol. The summed E-state index contributed by atoms with van der Waals surface area (Å²) < 4.78 is 32.1. The first-order chi connectivity index (χ1) is 9.43. The van der Waals surface area contributed by atoms with E-state index in [2.05, 4.69) is 19.2 Å². The quantitative estimate of drug-likeness (QED) is 0.898. The van der Waals surface area contributed by atoms with Crippen molar-refractivity contribution in [3.8, 4) is 0 Å². The fourth-order valence-corrected chi connectivity index (χ4v) is 5.35. The zero-order chi connectivity index (χ0) is 14.8. The van der Waals surface area contributed by atoms with E-state index in [4.69, 9.17) is 4.42 Å². The molecule has 2 heterocycles. The summed E-state index contributed by atoms with van der Waals surface area (Å²) in [6, 6.07) is 3.28. The van der Waals surface area contributed by atoms with E-state index in [0.717, 1.165) is 6.54 Å². The lowest BCUT2D eigenvalue weighted by Crippen LogP contribution is -2.43. The first-order valence-corrected chi connectivity index (χ1v) is 9.26. The Balaban J connectivity index is 2.15. The number of nitrogens with one attached hydrogen (secondary N) is 1. The maximum absolute atomic E-state index is 12.6. The van der Waals surface area contributed by atoms with Crippen LogP contribution in [0.5, 0.6) is 0 Å². The van der Waals surface area contributed by atoms with Gasteiger partial charge in [0.1, 0.15) is 5.76 Å². The van der Waals surface area contributed by atoms with Crippen molar-refractivity contribution in [1.29, 1.82) is 0 Å². The van der Waals surface area contributed by atoms with Gasteiger partial charge in [0.15, 0.2) is 0 Å². The molecule has 1 N–H and O–H groups in total. The second-order valence-corrected chi connectivity index (χ2v) is 8.83. The van der Waals surface area contributed by atoms with Gasteiger partial charge in [-0.15, -0.1) is 0 Å². The summed E-state index contributed by atoms with van der Waals surface area (Å²) >= 11 is 1.83. The minimum absolute atomic E-state index is 0.0525. The van der Waals surface area contributed by atoms with Crippen molar-refractivity contribution in [2.24, 2.45) is 0 Å². The van der Waals surface area contributed by atoms with Crippen LogP contribution in [0.4, 0.5) is 0 Å². The summed E-state index contributed by atoms with van der Waals surface area (Å²) in [7, 11) is -3.51. The van der Waals surface area contributed by atoms with Crippen molar-refractivity contribution in [3.63, 3.8) is 0 Å². The summed E-state index contributed by atoms with van der Waals surface area (Å²) in [4.78, 5) is 0. The molecule has 7 heteroatoms. The van der Waals surface area contributed by atoms with Gasteiger partial charge < -0.3 is 9.73 Å². The molecular formula is C13H22N2O3S2. The normalized spacial score (nSPS) is 24.9. The first-order valence-electron chi connectivity index (χ1n) is 6.88. The van der Waals surface area contributed by atoms with Crippen LogP contribution in [0.25, 0.3) is 0 Å². The molecule has 0 amide bonds. The highest BCUT2D eigenvalue weighted by Gasteiger charge is 2.33. The van der Waals surface area contributed by atoms with E-state index >= 15 is 0 Å². The lowest BCUT2D eigenvalue weighted by atomic mass is 10.4. The zero-order valence-corrected chi connectivity index (χ0v) is 13.8. The molecule has 1 fully saturated rings. The molecule has 2 unspecified atom stereocenters. The Hall–Kier alpha value is -0.500. The number of nitrogens with zero attached hydrogens (tertiary/aromatic N) is 1. The fourth-order valence-electron chi connectivity index (χ4n) is 2.29. The molecular weight excluding hydrogens is 296 g/mol. The molecule has 2 rings (SSSR count). The van der Waals surface area contributed by atoms with Gasteiger partial charge in [-0.1, -0.05) is 20.8 Å². The number of hydrogen-bond donors (Lipinski definition) is 1. The predicted molar refractivity (Wildman–Crippen MR) is 81.4 cm³/mol. The van der Waals surface area contributed by atoms with Crippen LogP contribution in [-0.2, 0) is 16.6 Å². The molecule has 0 saturated carbocycles. The van der Waals surface area contributed by atoms with Gasteiger partial charge in [-0.2, -0.15) is 16.1 Å². The highest BCUT2D eigenvalue weighted by molar-refractivity contribution is 8.00. The van der Waals surface area contributed by atoms with Gasteiger partial charge in [-0.05, 0) is 18.7 Å². The molecule has 1 saturated heterocycles. The first kappa shape index (κ1) is 15.9. The van der Waals surface area contributed by atoms with Gasteiger partial charge in [0.05, 0.1) is 6.54 Å². The van der Waals surface area contributed by atoms with Crippen LogP contribution in [0.2, 0.25) is 0 Å². The van der Waals surface area contributed by atoms with Crippen LogP contribution in [0.1, 0.15) is 26.5 Å².